The molecule has 6 unspecified atom stereocenters. The number of hydrogen-bond donors (Lipinski definition) is 1. The maximum Gasteiger partial charge on any atom is 0.313 e. The van der Waals surface area contributed by atoms with Crippen molar-refractivity contribution in [2.75, 3.05) is 6.54 Å². The van der Waals surface area contributed by atoms with E-state index < -0.39 is 5.41 Å². The van der Waals surface area contributed by atoms with E-state index in [1.54, 1.807) is 0 Å². The van der Waals surface area contributed by atoms with Gasteiger partial charge in [-0.15, -0.1) is 0 Å². The summed E-state index contributed by atoms with van der Waals surface area (Å²) in [6.45, 7) is 10.8. The van der Waals surface area contributed by atoms with Crippen LogP contribution in [0.4, 0.5) is 0 Å². The van der Waals surface area contributed by atoms with Crippen molar-refractivity contribution < 1.29 is 19.1 Å². The zero-order valence-corrected chi connectivity index (χ0v) is 14.8. The van der Waals surface area contributed by atoms with Crippen molar-refractivity contribution in [3.63, 3.8) is 0 Å². The molecule has 1 aliphatic heterocycles. The molecule has 0 radical (unpaired) electrons. The van der Waals surface area contributed by atoms with Gasteiger partial charge in [0.15, 0.2) is 0 Å². The normalized spacial score (nSPS) is 37.3. The van der Waals surface area contributed by atoms with Crippen LogP contribution in [0.15, 0.2) is 0 Å². The molecular formula is C18H29NO4. The van der Waals surface area contributed by atoms with Gasteiger partial charge in [-0.1, -0.05) is 27.7 Å². The lowest BCUT2D eigenvalue weighted by molar-refractivity contribution is -0.173. The van der Waals surface area contributed by atoms with Crippen LogP contribution in [0.2, 0.25) is 0 Å². The number of carbonyl (C=O) groups is 2. The number of hydrogen-bond acceptors (Lipinski definition) is 5. The molecule has 3 rings (SSSR count). The van der Waals surface area contributed by atoms with Crippen LogP contribution in [0, 0.1) is 29.1 Å². The number of carbonyl (C=O) groups excluding carboxylic acids is 2. The average Bonchev–Trinajstić information content (AvgIpc) is 3.09. The first-order chi connectivity index (χ1) is 10.7. The summed E-state index contributed by atoms with van der Waals surface area (Å²) in [4.78, 5) is 24.7. The first-order valence-electron chi connectivity index (χ1n) is 8.89. The maximum atomic E-state index is 12.9. The fourth-order valence-corrected chi connectivity index (χ4v) is 4.25. The Kier molecular flexibility index (Phi) is 4.20. The second kappa shape index (κ2) is 5.76. The highest BCUT2D eigenvalue weighted by molar-refractivity contribution is 5.79. The molecule has 2 aliphatic carbocycles. The molecule has 3 aliphatic rings. The van der Waals surface area contributed by atoms with Crippen molar-refractivity contribution in [2.45, 2.75) is 65.7 Å². The molecule has 1 N–H and O–H groups in total. The molecule has 0 spiro atoms. The molecule has 130 valence electrons. The molecule has 0 amide bonds. The average molecular weight is 323 g/mol. The van der Waals surface area contributed by atoms with Crippen molar-refractivity contribution in [3.8, 4) is 0 Å². The summed E-state index contributed by atoms with van der Waals surface area (Å²) in [5.74, 6) is 0.522. The summed E-state index contributed by atoms with van der Waals surface area (Å²) in [5.41, 5.74) is -0.575. The highest BCUT2D eigenvalue weighted by atomic mass is 16.6. The molecule has 5 heteroatoms. The SMILES string of the molecule is CC(C)NCC(C)(C(=O)OC1C2CC3C(=O)OC1C3C2)C(C)C. The third-order valence-corrected chi connectivity index (χ3v) is 6.28. The Bertz CT molecular complexity index is 503. The van der Waals surface area contributed by atoms with Crippen LogP contribution in [0.3, 0.4) is 0 Å². The van der Waals surface area contributed by atoms with E-state index in [2.05, 4.69) is 33.0 Å². The lowest BCUT2D eigenvalue weighted by Crippen LogP contribution is -2.48. The van der Waals surface area contributed by atoms with Gasteiger partial charge in [0, 0.05) is 24.4 Å². The van der Waals surface area contributed by atoms with Gasteiger partial charge >= 0.3 is 11.9 Å². The van der Waals surface area contributed by atoms with Crippen LogP contribution < -0.4 is 5.32 Å². The minimum absolute atomic E-state index is 0.0547. The largest absolute Gasteiger partial charge is 0.458 e. The monoisotopic (exact) mass is 323 g/mol. The molecule has 0 aromatic rings. The van der Waals surface area contributed by atoms with Gasteiger partial charge < -0.3 is 14.8 Å². The van der Waals surface area contributed by atoms with Gasteiger partial charge in [0.05, 0.1) is 11.3 Å². The van der Waals surface area contributed by atoms with E-state index in [0.29, 0.717) is 18.5 Å². The van der Waals surface area contributed by atoms with E-state index in [-0.39, 0.29) is 41.9 Å². The Hall–Kier alpha value is -1.10. The minimum Gasteiger partial charge on any atom is -0.458 e. The van der Waals surface area contributed by atoms with E-state index in [0.717, 1.165) is 12.8 Å². The standard InChI is InChI=1S/C18H29NO4/c1-9(2)18(5,8-19-10(3)4)17(21)23-14-11-6-12-13(7-11)16(20)22-15(12)14/h9-15,19H,6-8H2,1-5H3. The number of fused-ring (bicyclic) bond motifs is 1. The number of rotatable bonds is 6. The first-order valence-corrected chi connectivity index (χ1v) is 8.89. The molecule has 1 saturated heterocycles. The lowest BCUT2D eigenvalue weighted by Gasteiger charge is -2.35. The van der Waals surface area contributed by atoms with Gasteiger partial charge in [0.1, 0.15) is 12.2 Å². The third-order valence-electron chi connectivity index (χ3n) is 6.28. The molecule has 2 saturated carbocycles. The Morgan fingerprint density at radius 2 is 2.04 bits per heavy atom. The van der Waals surface area contributed by atoms with Crippen LogP contribution in [0.5, 0.6) is 0 Å². The Balaban J connectivity index is 1.69. The second-order valence-corrected chi connectivity index (χ2v) is 8.38. The number of ether oxygens (including phenoxy) is 2. The molecule has 2 bridgehead atoms. The van der Waals surface area contributed by atoms with E-state index in [9.17, 15) is 9.59 Å². The van der Waals surface area contributed by atoms with Gasteiger partial charge in [-0.05, 0) is 25.7 Å². The van der Waals surface area contributed by atoms with Crippen LogP contribution in [-0.4, -0.2) is 36.7 Å². The zero-order valence-electron chi connectivity index (χ0n) is 14.8. The first kappa shape index (κ1) is 16.7. The predicted molar refractivity (Wildman–Crippen MR) is 85.5 cm³/mol. The summed E-state index contributed by atoms with van der Waals surface area (Å²) < 4.78 is 11.4. The van der Waals surface area contributed by atoms with E-state index >= 15 is 0 Å². The highest BCUT2D eigenvalue weighted by Gasteiger charge is 2.63. The molecular weight excluding hydrogens is 294 g/mol. The lowest BCUT2D eigenvalue weighted by atomic mass is 9.78. The van der Waals surface area contributed by atoms with Crippen LogP contribution >= 0.6 is 0 Å². The molecule has 0 aromatic carbocycles. The quantitative estimate of drug-likeness (QED) is 0.759. The van der Waals surface area contributed by atoms with Gasteiger partial charge in [0.2, 0.25) is 0 Å². The summed E-state index contributed by atoms with van der Waals surface area (Å²) in [6.07, 6.45) is 1.33. The summed E-state index contributed by atoms with van der Waals surface area (Å²) >= 11 is 0. The molecule has 0 aromatic heterocycles. The van der Waals surface area contributed by atoms with Crippen molar-refractivity contribution in [1.29, 1.82) is 0 Å². The Morgan fingerprint density at radius 3 is 2.65 bits per heavy atom. The van der Waals surface area contributed by atoms with Crippen molar-refractivity contribution >= 4 is 11.9 Å². The summed E-state index contributed by atoms with van der Waals surface area (Å²) in [6, 6.07) is 0.319. The smallest absolute Gasteiger partial charge is 0.313 e. The molecule has 23 heavy (non-hydrogen) atoms. The molecule has 5 nitrogen and oxygen atoms in total. The number of esters is 2. The maximum absolute atomic E-state index is 12.9. The molecule has 6 atom stereocenters. The second-order valence-electron chi connectivity index (χ2n) is 8.38. The van der Waals surface area contributed by atoms with Crippen LogP contribution in [-0.2, 0) is 19.1 Å². The summed E-state index contributed by atoms with van der Waals surface area (Å²) in [5, 5.41) is 3.36. The van der Waals surface area contributed by atoms with Gasteiger partial charge in [-0.25, -0.2) is 0 Å². The van der Waals surface area contributed by atoms with Crippen molar-refractivity contribution in [2.24, 2.45) is 29.1 Å². The fourth-order valence-electron chi connectivity index (χ4n) is 4.25. The van der Waals surface area contributed by atoms with Crippen molar-refractivity contribution in [3.05, 3.63) is 0 Å². The van der Waals surface area contributed by atoms with E-state index in [1.807, 2.05) is 6.92 Å². The topological polar surface area (TPSA) is 64.6 Å². The fraction of sp³-hybridized carbons (Fsp3) is 0.889. The summed E-state index contributed by atoms with van der Waals surface area (Å²) in [7, 11) is 0. The Morgan fingerprint density at radius 1 is 1.35 bits per heavy atom. The van der Waals surface area contributed by atoms with Gasteiger partial charge in [0.25, 0.3) is 0 Å². The highest BCUT2D eigenvalue weighted by Crippen LogP contribution is 2.55. The predicted octanol–water partition coefficient (Wildman–Crippen LogP) is 2.14. The van der Waals surface area contributed by atoms with Gasteiger partial charge in [-0.3, -0.25) is 9.59 Å². The van der Waals surface area contributed by atoms with E-state index in [4.69, 9.17) is 9.47 Å². The van der Waals surface area contributed by atoms with Crippen LogP contribution in [0.25, 0.3) is 0 Å². The minimum atomic E-state index is -0.575. The van der Waals surface area contributed by atoms with E-state index in [1.165, 1.54) is 0 Å². The molecule has 3 fully saturated rings. The Labute approximate surface area is 138 Å². The zero-order chi connectivity index (χ0) is 16.9. The van der Waals surface area contributed by atoms with Crippen molar-refractivity contribution in [1.82, 2.24) is 5.32 Å². The third kappa shape index (κ3) is 2.67. The number of nitrogens with one attached hydrogen (secondary N) is 1. The molecule has 1 heterocycles. The van der Waals surface area contributed by atoms with Gasteiger partial charge in [-0.2, -0.15) is 0 Å². The van der Waals surface area contributed by atoms with Crippen LogP contribution in [0.1, 0.15) is 47.5 Å².